The summed E-state index contributed by atoms with van der Waals surface area (Å²) < 4.78 is 22.1. The predicted octanol–water partition coefficient (Wildman–Crippen LogP) is 4.59. The van der Waals surface area contributed by atoms with Gasteiger partial charge in [0.1, 0.15) is 18.2 Å². The molecule has 0 bridgehead atoms. The first-order valence-electron chi connectivity index (χ1n) is 7.26. The average Bonchev–Trinajstić information content (AvgIpc) is 2.93. The van der Waals surface area contributed by atoms with Crippen LogP contribution in [0.25, 0.3) is 0 Å². The minimum Gasteiger partial charge on any atom is -0.486 e. The van der Waals surface area contributed by atoms with Crippen molar-refractivity contribution < 1.29 is 9.13 Å². The van der Waals surface area contributed by atoms with Crippen molar-refractivity contribution in [2.45, 2.75) is 17.5 Å². The molecule has 3 rings (SSSR count). The zero-order valence-electron chi connectivity index (χ0n) is 12.9. The third-order valence-electron chi connectivity index (χ3n) is 3.41. The molecule has 1 aromatic heterocycles. The molecule has 2 aromatic carbocycles. The van der Waals surface area contributed by atoms with Crippen molar-refractivity contribution in [1.82, 2.24) is 14.8 Å². The van der Waals surface area contributed by atoms with Gasteiger partial charge < -0.3 is 9.30 Å². The summed E-state index contributed by atoms with van der Waals surface area (Å²) in [4.78, 5) is 0. The highest BCUT2D eigenvalue weighted by Crippen LogP contribution is 2.24. The second kappa shape index (κ2) is 7.81. The van der Waals surface area contributed by atoms with Crippen molar-refractivity contribution in [1.29, 1.82) is 0 Å². The molecule has 1 heterocycles. The molecule has 0 atom stereocenters. The third kappa shape index (κ3) is 4.15. The van der Waals surface area contributed by atoms with Crippen LogP contribution in [0, 0.1) is 5.82 Å². The Morgan fingerprint density at radius 1 is 1.17 bits per heavy atom. The molecule has 0 saturated carbocycles. The Morgan fingerprint density at radius 2 is 1.96 bits per heavy atom. The van der Waals surface area contributed by atoms with Crippen LogP contribution in [0.1, 0.15) is 11.4 Å². The van der Waals surface area contributed by atoms with Gasteiger partial charge in [0.25, 0.3) is 0 Å². The monoisotopic (exact) mass is 407 g/mol. The van der Waals surface area contributed by atoms with Crippen LogP contribution in [0.3, 0.4) is 0 Å². The standard InChI is InChI=1S/C17H15BrFN3OS/c1-22-16(10-23-14-5-3-2-4-6-14)20-21-17(22)24-11-12-7-8-13(18)9-15(12)19/h2-9H,10-11H2,1H3. The highest BCUT2D eigenvalue weighted by Gasteiger charge is 2.11. The maximum atomic E-state index is 13.9. The van der Waals surface area contributed by atoms with Gasteiger partial charge in [-0.2, -0.15) is 0 Å². The van der Waals surface area contributed by atoms with E-state index < -0.39 is 0 Å². The molecule has 0 N–H and O–H groups in total. The summed E-state index contributed by atoms with van der Waals surface area (Å²) in [6.45, 7) is 0.334. The van der Waals surface area contributed by atoms with Gasteiger partial charge in [-0.3, -0.25) is 0 Å². The molecule has 0 spiro atoms. The summed E-state index contributed by atoms with van der Waals surface area (Å²) in [7, 11) is 1.88. The Labute approximate surface area is 152 Å². The SMILES string of the molecule is Cn1c(COc2ccccc2)nnc1SCc1ccc(Br)cc1F. The van der Waals surface area contributed by atoms with Crippen molar-refractivity contribution in [2.75, 3.05) is 0 Å². The first-order chi connectivity index (χ1) is 11.6. The lowest BCUT2D eigenvalue weighted by Gasteiger charge is -2.07. The zero-order chi connectivity index (χ0) is 16.9. The number of aromatic nitrogens is 3. The van der Waals surface area contributed by atoms with Crippen molar-refractivity contribution in [3.63, 3.8) is 0 Å². The van der Waals surface area contributed by atoms with Gasteiger partial charge in [-0.15, -0.1) is 10.2 Å². The molecule has 0 saturated heterocycles. The van der Waals surface area contributed by atoms with E-state index in [-0.39, 0.29) is 5.82 Å². The van der Waals surface area contributed by atoms with Gasteiger partial charge in [0.05, 0.1) is 0 Å². The average molecular weight is 408 g/mol. The number of benzene rings is 2. The van der Waals surface area contributed by atoms with Crippen molar-refractivity contribution >= 4 is 27.7 Å². The number of hydrogen-bond acceptors (Lipinski definition) is 4. The van der Waals surface area contributed by atoms with Crippen LogP contribution in [0.15, 0.2) is 58.2 Å². The normalized spacial score (nSPS) is 10.8. The van der Waals surface area contributed by atoms with E-state index in [0.717, 1.165) is 21.2 Å². The Bertz CT molecular complexity index is 826. The van der Waals surface area contributed by atoms with E-state index in [2.05, 4.69) is 26.1 Å². The van der Waals surface area contributed by atoms with Crippen LogP contribution < -0.4 is 4.74 Å². The number of para-hydroxylation sites is 1. The summed E-state index contributed by atoms with van der Waals surface area (Å²) in [6, 6.07) is 14.6. The Balaban J connectivity index is 1.62. The maximum absolute atomic E-state index is 13.9. The Morgan fingerprint density at radius 3 is 2.71 bits per heavy atom. The maximum Gasteiger partial charge on any atom is 0.191 e. The van der Waals surface area contributed by atoms with E-state index in [9.17, 15) is 4.39 Å². The highest BCUT2D eigenvalue weighted by molar-refractivity contribution is 9.10. The Kier molecular flexibility index (Phi) is 5.52. The van der Waals surface area contributed by atoms with Gasteiger partial charge in [-0.25, -0.2) is 4.39 Å². The fraction of sp³-hybridized carbons (Fsp3) is 0.176. The molecule has 0 amide bonds. The smallest absolute Gasteiger partial charge is 0.191 e. The lowest BCUT2D eigenvalue weighted by Crippen LogP contribution is -2.04. The van der Waals surface area contributed by atoms with Gasteiger partial charge in [0.15, 0.2) is 11.0 Å². The third-order valence-corrected chi connectivity index (χ3v) is 4.97. The molecule has 7 heteroatoms. The molecular formula is C17H15BrFN3OS. The van der Waals surface area contributed by atoms with Crippen molar-refractivity contribution in [2.24, 2.45) is 7.05 Å². The summed E-state index contributed by atoms with van der Waals surface area (Å²) in [6.07, 6.45) is 0. The largest absolute Gasteiger partial charge is 0.486 e. The van der Waals surface area contributed by atoms with E-state index in [1.807, 2.05) is 48.0 Å². The fourth-order valence-corrected chi connectivity index (χ4v) is 3.29. The van der Waals surface area contributed by atoms with Crippen LogP contribution in [0.5, 0.6) is 5.75 Å². The van der Waals surface area contributed by atoms with Gasteiger partial charge in [0, 0.05) is 17.3 Å². The fourth-order valence-electron chi connectivity index (χ4n) is 2.04. The zero-order valence-corrected chi connectivity index (χ0v) is 15.3. The first kappa shape index (κ1) is 17.0. The molecule has 0 radical (unpaired) electrons. The minimum atomic E-state index is -0.230. The molecule has 24 heavy (non-hydrogen) atoms. The molecule has 0 aliphatic heterocycles. The van der Waals surface area contributed by atoms with E-state index in [4.69, 9.17) is 4.74 Å². The summed E-state index contributed by atoms with van der Waals surface area (Å²) in [5, 5.41) is 9.03. The van der Waals surface area contributed by atoms with Crippen LogP contribution in [0.4, 0.5) is 4.39 Å². The molecule has 0 aliphatic rings. The first-order valence-corrected chi connectivity index (χ1v) is 9.04. The molecule has 0 fully saturated rings. The number of hydrogen-bond donors (Lipinski definition) is 0. The molecule has 124 valence electrons. The van der Waals surface area contributed by atoms with Crippen molar-refractivity contribution in [3.8, 4) is 5.75 Å². The Hall–Kier alpha value is -1.86. The molecule has 0 unspecified atom stereocenters. The second-order valence-electron chi connectivity index (χ2n) is 5.08. The van der Waals surface area contributed by atoms with Crippen LogP contribution >= 0.6 is 27.7 Å². The van der Waals surface area contributed by atoms with Gasteiger partial charge in [-0.05, 0) is 29.8 Å². The van der Waals surface area contributed by atoms with Crippen LogP contribution in [0.2, 0.25) is 0 Å². The lowest BCUT2D eigenvalue weighted by atomic mass is 10.2. The second-order valence-corrected chi connectivity index (χ2v) is 6.94. The molecular weight excluding hydrogens is 393 g/mol. The summed E-state index contributed by atoms with van der Waals surface area (Å²) in [5.74, 6) is 1.76. The number of rotatable bonds is 6. The number of ether oxygens (including phenoxy) is 1. The summed E-state index contributed by atoms with van der Waals surface area (Å²) in [5.41, 5.74) is 0.633. The van der Waals surface area contributed by atoms with E-state index in [1.165, 1.54) is 17.8 Å². The number of nitrogens with zero attached hydrogens (tertiary/aromatic N) is 3. The summed E-state index contributed by atoms with van der Waals surface area (Å²) >= 11 is 4.70. The lowest BCUT2D eigenvalue weighted by molar-refractivity contribution is 0.290. The van der Waals surface area contributed by atoms with Crippen LogP contribution in [-0.4, -0.2) is 14.8 Å². The predicted molar refractivity (Wildman–Crippen MR) is 95.4 cm³/mol. The number of thioether (sulfide) groups is 1. The van der Waals surface area contributed by atoms with E-state index in [1.54, 1.807) is 6.07 Å². The quantitative estimate of drug-likeness (QED) is 0.560. The number of halogens is 2. The van der Waals surface area contributed by atoms with Gasteiger partial charge in [-0.1, -0.05) is 52.0 Å². The van der Waals surface area contributed by atoms with Gasteiger partial charge in [0.2, 0.25) is 0 Å². The minimum absolute atomic E-state index is 0.230. The molecule has 3 aromatic rings. The topological polar surface area (TPSA) is 39.9 Å². The van der Waals surface area contributed by atoms with Gasteiger partial charge >= 0.3 is 0 Å². The van der Waals surface area contributed by atoms with Crippen LogP contribution in [-0.2, 0) is 19.4 Å². The highest BCUT2D eigenvalue weighted by atomic mass is 79.9. The molecule has 4 nitrogen and oxygen atoms in total. The molecule has 0 aliphatic carbocycles. The van der Waals surface area contributed by atoms with E-state index >= 15 is 0 Å². The van der Waals surface area contributed by atoms with E-state index in [0.29, 0.717) is 17.9 Å². The van der Waals surface area contributed by atoms with Crippen molar-refractivity contribution in [3.05, 3.63) is 70.2 Å².